The van der Waals surface area contributed by atoms with Crippen LogP contribution in [-0.2, 0) is 4.79 Å². The molecule has 0 spiro atoms. The van der Waals surface area contributed by atoms with E-state index in [1.54, 1.807) is 0 Å². The average Bonchev–Trinajstić information content (AvgIpc) is 2.29. The summed E-state index contributed by atoms with van der Waals surface area (Å²) in [5.41, 5.74) is -1.22. The summed E-state index contributed by atoms with van der Waals surface area (Å²) < 4.78 is 14.0. The number of hydrogen-bond donors (Lipinski definition) is 2. The quantitative estimate of drug-likeness (QED) is 0.896. The molecule has 0 saturated carbocycles. The largest absolute Gasteiger partial charge is 0.481 e. The monoisotopic (exact) mass is 317 g/mol. The molecular weight excluding hydrogens is 305 g/mol. The minimum Gasteiger partial charge on any atom is -0.481 e. The fourth-order valence-corrected chi connectivity index (χ4v) is 1.50. The maximum atomic E-state index is 13.4. The first-order valence-corrected chi connectivity index (χ1v) is 6.00. The Balaban J connectivity index is 2.78. The molecule has 2 N–H and O–H groups in total. The lowest BCUT2D eigenvalue weighted by atomic mass is 9.94. The Morgan fingerprint density at radius 1 is 1.44 bits per heavy atom. The molecule has 0 unspecified atom stereocenters. The molecule has 0 atom stereocenters. The number of amides is 1. The summed E-state index contributed by atoms with van der Waals surface area (Å²) in [6.07, 6.45) is 0. The van der Waals surface area contributed by atoms with Crippen LogP contribution in [0.2, 0.25) is 0 Å². The second-order valence-electron chi connectivity index (χ2n) is 4.50. The van der Waals surface area contributed by atoms with E-state index < -0.39 is 23.1 Å². The lowest BCUT2D eigenvalue weighted by Crippen LogP contribution is -2.39. The molecule has 1 amide bonds. The average molecular weight is 318 g/mol. The normalized spacial score (nSPS) is 11.1. The molecule has 0 aromatic heterocycles. The number of carbonyl (C=O) groups excluding carboxylic acids is 1. The smallest absolute Gasteiger partial charge is 0.310 e. The zero-order valence-electron chi connectivity index (χ0n) is 9.96. The van der Waals surface area contributed by atoms with Gasteiger partial charge in [0.2, 0.25) is 0 Å². The van der Waals surface area contributed by atoms with Crippen LogP contribution in [0.3, 0.4) is 0 Å². The van der Waals surface area contributed by atoms with Gasteiger partial charge in [-0.3, -0.25) is 9.59 Å². The highest BCUT2D eigenvalue weighted by Crippen LogP contribution is 2.17. The molecule has 0 radical (unpaired) electrons. The summed E-state index contributed by atoms with van der Waals surface area (Å²) in [6, 6.07) is 3.99. The van der Waals surface area contributed by atoms with Crippen molar-refractivity contribution in [2.45, 2.75) is 13.8 Å². The van der Waals surface area contributed by atoms with E-state index in [0.717, 1.165) is 0 Å². The third-order valence-corrected chi connectivity index (χ3v) is 2.94. The highest BCUT2D eigenvalue weighted by Gasteiger charge is 2.28. The molecule has 18 heavy (non-hydrogen) atoms. The molecule has 6 heteroatoms. The van der Waals surface area contributed by atoms with Crippen LogP contribution in [0, 0.1) is 11.2 Å². The van der Waals surface area contributed by atoms with Gasteiger partial charge in [-0.25, -0.2) is 4.39 Å². The third-order valence-electron chi connectivity index (χ3n) is 2.44. The van der Waals surface area contributed by atoms with Gasteiger partial charge < -0.3 is 10.4 Å². The van der Waals surface area contributed by atoms with Gasteiger partial charge in [0.15, 0.2) is 0 Å². The topological polar surface area (TPSA) is 66.4 Å². The second kappa shape index (κ2) is 5.48. The lowest BCUT2D eigenvalue weighted by molar-refractivity contribution is -0.146. The molecule has 1 rings (SSSR count). The third kappa shape index (κ3) is 3.53. The number of rotatable bonds is 4. The summed E-state index contributed by atoms with van der Waals surface area (Å²) in [7, 11) is 0. The Morgan fingerprint density at radius 2 is 2.06 bits per heavy atom. The second-order valence-corrected chi connectivity index (χ2v) is 5.41. The van der Waals surface area contributed by atoms with Crippen LogP contribution >= 0.6 is 15.9 Å². The van der Waals surface area contributed by atoms with Crippen LogP contribution in [0.5, 0.6) is 0 Å². The number of benzene rings is 1. The molecule has 98 valence electrons. The molecule has 0 fully saturated rings. The van der Waals surface area contributed by atoms with Crippen molar-refractivity contribution in [3.8, 4) is 0 Å². The maximum Gasteiger partial charge on any atom is 0.310 e. The summed E-state index contributed by atoms with van der Waals surface area (Å²) in [5, 5.41) is 11.3. The Kier molecular flexibility index (Phi) is 4.45. The molecule has 0 heterocycles. The zero-order chi connectivity index (χ0) is 13.9. The van der Waals surface area contributed by atoms with Crippen LogP contribution in [0.1, 0.15) is 24.2 Å². The van der Waals surface area contributed by atoms with Crippen molar-refractivity contribution in [1.82, 2.24) is 5.32 Å². The Morgan fingerprint density at radius 3 is 2.61 bits per heavy atom. The fourth-order valence-electron chi connectivity index (χ4n) is 1.14. The number of hydrogen-bond acceptors (Lipinski definition) is 2. The SMILES string of the molecule is CC(C)(CNC(=O)c1cc(Br)ccc1F)C(=O)O. The number of aliphatic carboxylic acids is 1. The van der Waals surface area contributed by atoms with Gasteiger partial charge in [0, 0.05) is 11.0 Å². The van der Waals surface area contributed by atoms with Crippen LogP contribution in [0.4, 0.5) is 4.39 Å². The van der Waals surface area contributed by atoms with Crippen molar-refractivity contribution in [3.05, 3.63) is 34.1 Å². The molecule has 0 aliphatic carbocycles. The highest BCUT2D eigenvalue weighted by atomic mass is 79.9. The fraction of sp³-hybridized carbons (Fsp3) is 0.333. The number of carboxylic acids is 1. The van der Waals surface area contributed by atoms with E-state index in [9.17, 15) is 14.0 Å². The highest BCUT2D eigenvalue weighted by molar-refractivity contribution is 9.10. The van der Waals surface area contributed by atoms with Crippen molar-refractivity contribution in [2.24, 2.45) is 5.41 Å². The first-order chi connectivity index (χ1) is 8.24. The molecule has 0 bridgehead atoms. The van der Waals surface area contributed by atoms with Gasteiger partial charge in [-0.1, -0.05) is 15.9 Å². The molecular formula is C12H13BrFNO3. The number of carboxylic acid groups (broad SMARTS) is 1. The van der Waals surface area contributed by atoms with Crippen molar-refractivity contribution < 1.29 is 19.1 Å². The van der Waals surface area contributed by atoms with Crippen molar-refractivity contribution in [1.29, 1.82) is 0 Å². The van der Waals surface area contributed by atoms with Crippen molar-refractivity contribution in [2.75, 3.05) is 6.54 Å². The van der Waals surface area contributed by atoms with Gasteiger partial charge in [0.1, 0.15) is 5.82 Å². The van der Waals surface area contributed by atoms with Crippen molar-refractivity contribution in [3.63, 3.8) is 0 Å². The van der Waals surface area contributed by atoms with E-state index in [-0.39, 0.29) is 12.1 Å². The predicted molar refractivity (Wildman–Crippen MR) is 67.9 cm³/mol. The van der Waals surface area contributed by atoms with E-state index in [4.69, 9.17) is 5.11 Å². The minimum atomic E-state index is -1.10. The summed E-state index contributed by atoms with van der Waals surface area (Å²) in [5.74, 6) is -2.32. The molecule has 0 aliphatic rings. The molecule has 1 aromatic carbocycles. The van der Waals surface area contributed by atoms with Gasteiger partial charge in [0.25, 0.3) is 5.91 Å². The minimum absolute atomic E-state index is 0.0763. The van der Waals surface area contributed by atoms with Crippen LogP contribution in [0.25, 0.3) is 0 Å². The summed E-state index contributed by atoms with van der Waals surface area (Å²) >= 11 is 3.14. The first-order valence-electron chi connectivity index (χ1n) is 5.20. The van der Waals surface area contributed by atoms with Crippen molar-refractivity contribution >= 4 is 27.8 Å². The van der Waals surface area contributed by atoms with Crippen LogP contribution < -0.4 is 5.32 Å². The van der Waals surface area contributed by atoms with Gasteiger partial charge in [-0.15, -0.1) is 0 Å². The standard InChI is InChI=1S/C12H13BrFNO3/c1-12(2,11(17)18)6-15-10(16)8-5-7(13)3-4-9(8)14/h3-5H,6H2,1-2H3,(H,15,16)(H,17,18). The lowest BCUT2D eigenvalue weighted by Gasteiger charge is -2.19. The van der Waals surface area contributed by atoms with E-state index in [1.807, 2.05) is 0 Å². The van der Waals surface area contributed by atoms with E-state index >= 15 is 0 Å². The number of halogens is 2. The Hall–Kier alpha value is -1.43. The van der Waals surface area contributed by atoms with E-state index in [1.165, 1.54) is 32.0 Å². The summed E-state index contributed by atoms with van der Waals surface area (Å²) in [6.45, 7) is 2.88. The van der Waals surface area contributed by atoms with E-state index in [0.29, 0.717) is 4.47 Å². The molecule has 0 saturated heterocycles. The first kappa shape index (κ1) is 14.6. The van der Waals surface area contributed by atoms with Gasteiger partial charge in [0.05, 0.1) is 11.0 Å². The van der Waals surface area contributed by atoms with Crippen LogP contribution in [-0.4, -0.2) is 23.5 Å². The predicted octanol–water partition coefficient (Wildman–Crippen LogP) is 2.43. The van der Waals surface area contributed by atoms with Gasteiger partial charge in [-0.2, -0.15) is 0 Å². The number of nitrogens with one attached hydrogen (secondary N) is 1. The zero-order valence-corrected chi connectivity index (χ0v) is 11.5. The molecule has 1 aromatic rings. The van der Waals surface area contributed by atoms with E-state index in [2.05, 4.69) is 21.2 Å². The molecule has 4 nitrogen and oxygen atoms in total. The number of carbonyl (C=O) groups is 2. The summed E-state index contributed by atoms with van der Waals surface area (Å²) in [4.78, 5) is 22.6. The Bertz CT molecular complexity index is 488. The maximum absolute atomic E-state index is 13.4. The van der Waals surface area contributed by atoms with Gasteiger partial charge in [-0.05, 0) is 32.0 Å². The van der Waals surface area contributed by atoms with Crippen LogP contribution in [0.15, 0.2) is 22.7 Å². The molecule has 0 aliphatic heterocycles. The van der Waals surface area contributed by atoms with Gasteiger partial charge >= 0.3 is 5.97 Å². The Labute approximate surface area is 112 Å².